The molecule has 6 rings (SSSR count). The fraction of sp³-hybridized carbons (Fsp3) is 0.250. The van der Waals surface area contributed by atoms with Crippen LogP contribution >= 0.6 is 34.5 Å². The van der Waals surface area contributed by atoms with Crippen molar-refractivity contribution in [3.8, 4) is 16.9 Å². The molecule has 1 amide bonds. The monoisotopic (exact) mass is 556 g/mol. The van der Waals surface area contributed by atoms with E-state index in [2.05, 4.69) is 5.32 Å². The Morgan fingerprint density at radius 3 is 2.65 bits per heavy atom. The summed E-state index contributed by atoms with van der Waals surface area (Å²) in [6.07, 6.45) is 0.651. The maximum absolute atomic E-state index is 15.6. The molecule has 4 aromatic rings. The summed E-state index contributed by atoms with van der Waals surface area (Å²) in [6, 6.07) is 16.0. The largest absolute Gasteiger partial charge is 0.493 e. The van der Waals surface area contributed by atoms with Crippen LogP contribution in [-0.2, 0) is 4.74 Å². The number of anilines is 1. The molecular weight excluding hydrogens is 534 g/mol. The Labute approximate surface area is 227 Å². The smallest absolute Gasteiger partial charge is 0.264 e. The highest BCUT2D eigenvalue weighted by molar-refractivity contribution is 7.22. The van der Waals surface area contributed by atoms with Crippen LogP contribution in [0.15, 0.2) is 54.6 Å². The number of nitrogens with one attached hydrogen (secondary N) is 1. The molecule has 0 saturated carbocycles. The van der Waals surface area contributed by atoms with E-state index < -0.39 is 0 Å². The molecule has 3 heterocycles. The molecule has 9 heteroatoms. The Balaban J connectivity index is 1.50. The summed E-state index contributed by atoms with van der Waals surface area (Å²) in [5.41, 5.74) is 2.96. The molecular formula is C28H23Cl2FN2O3S. The van der Waals surface area contributed by atoms with Gasteiger partial charge in [-0.15, -0.1) is 11.3 Å². The number of hydrogen-bond donors (Lipinski definition) is 1. The molecule has 0 spiro atoms. The predicted octanol–water partition coefficient (Wildman–Crippen LogP) is 7.10. The lowest BCUT2D eigenvalue weighted by molar-refractivity contribution is 0.0928. The van der Waals surface area contributed by atoms with Gasteiger partial charge in [0.1, 0.15) is 16.4 Å². The Morgan fingerprint density at radius 2 is 1.81 bits per heavy atom. The second-order valence-electron chi connectivity index (χ2n) is 8.98. The van der Waals surface area contributed by atoms with Gasteiger partial charge in [-0.3, -0.25) is 4.79 Å². The van der Waals surface area contributed by atoms with Crippen molar-refractivity contribution < 1.29 is 18.7 Å². The number of carbonyl (C=O) groups excluding carboxylic acids is 1. The summed E-state index contributed by atoms with van der Waals surface area (Å²) in [4.78, 5) is 16.4. The van der Waals surface area contributed by atoms with Gasteiger partial charge >= 0.3 is 0 Å². The van der Waals surface area contributed by atoms with Crippen LogP contribution in [0.5, 0.6) is 5.75 Å². The van der Waals surface area contributed by atoms with Gasteiger partial charge in [0.05, 0.1) is 47.0 Å². The van der Waals surface area contributed by atoms with Crippen LogP contribution < -0.4 is 15.0 Å². The zero-order chi connectivity index (χ0) is 25.5. The number of rotatable bonds is 4. The van der Waals surface area contributed by atoms with Crippen molar-refractivity contribution >= 4 is 56.2 Å². The second-order valence-corrected chi connectivity index (χ2v) is 10.8. The molecule has 3 aromatic carbocycles. The SMILES string of the molecule is O=C(N[C@H]1CCOc2ccccc21)c1sc2c(-c3cccc(Cl)c3Cl)ccc(F)c2c1N1CCOCC1. The van der Waals surface area contributed by atoms with Crippen LogP contribution in [0.3, 0.4) is 0 Å². The maximum Gasteiger partial charge on any atom is 0.264 e. The topological polar surface area (TPSA) is 50.8 Å². The number of amides is 1. The number of halogens is 3. The van der Waals surface area contributed by atoms with Gasteiger partial charge in [-0.1, -0.05) is 53.5 Å². The van der Waals surface area contributed by atoms with Crippen molar-refractivity contribution in [3.05, 3.63) is 80.9 Å². The number of ether oxygens (including phenoxy) is 2. The third-order valence-electron chi connectivity index (χ3n) is 6.80. The van der Waals surface area contributed by atoms with E-state index in [1.165, 1.54) is 17.4 Å². The normalized spacial score (nSPS) is 17.4. The van der Waals surface area contributed by atoms with E-state index in [-0.39, 0.29) is 17.8 Å². The summed E-state index contributed by atoms with van der Waals surface area (Å²) in [7, 11) is 0. The average Bonchev–Trinajstić information content (AvgIpc) is 3.33. The molecule has 0 aliphatic carbocycles. The van der Waals surface area contributed by atoms with Crippen LogP contribution in [0.1, 0.15) is 27.7 Å². The van der Waals surface area contributed by atoms with Gasteiger partial charge in [0.2, 0.25) is 0 Å². The summed E-state index contributed by atoms with van der Waals surface area (Å²) >= 11 is 14.1. The predicted molar refractivity (Wildman–Crippen MR) is 147 cm³/mol. The third kappa shape index (κ3) is 4.44. The van der Waals surface area contributed by atoms with Crippen molar-refractivity contribution in [1.82, 2.24) is 5.32 Å². The lowest BCUT2D eigenvalue weighted by Gasteiger charge is -2.30. The minimum atomic E-state index is -0.384. The van der Waals surface area contributed by atoms with E-state index in [0.717, 1.165) is 16.9 Å². The summed E-state index contributed by atoms with van der Waals surface area (Å²) in [6.45, 7) is 2.65. The molecule has 190 valence electrons. The van der Waals surface area contributed by atoms with Crippen molar-refractivity contribution in [2.24, 2.45) is 0 Å². The number of para-hydroxylation sites is 1. The van der Waals surface area contributed by atoms with E-state index in [1.54, 1.807) is 12.1 Å². The lowest BCUT2D eigenvalue weighted by Crippen LogP contribution is -2.38. The number of carbonyl (C=O) groups is 1. The Morgan fingerprint density at radius 1 is 1.00 bits per heavy atom. The molecule has 2 aliphatic rings. The summed E-state index contributed by atoms with van der Waals surface area (Å²) in [5, 5.41) is 4.42. The van der Waals surface area contributed by atoms with E-state index in [0.29, 0.717) is 75.6 Å². The highest BCUT2D eigenvalue weighted by Gasteiger charge is 2.31. The van der Waals surface area contributed by atoms with Crippen molar-refractivity contribution in [1.29, 1.82) is 0 Å². The zero-order valence-electron chi connectivity index (χ0n) is 19.7. The second kappa shape index (κ2) is 10.1. The number of thiophene rings is 1. The van der Waals surface area contributed by atoms with Gasteiger partial charge in [0.25, 0.3) is 5.91 Å². The standard InChI is InChI=1S/C28H23Cl2FN2O3S/c29-19-6-3-5-16(24(19)30)17-8-9-20(31)23-25(33-11-14-35-15-12-33)27(37-26(17)23)28(34)32-21-10-13-36-22-7-2-1-4-18(21)22/h1-9,21H,10-15H2,(H,32,34)/t21-/m0/s1. The Hall–Kier alpha value is -2.84. The fourth-order valence-corrected chi connectivity index (χ4v) is 6.70. The van der Waals surface area contributed by atoms with Gasteiger partial charge in [-0.2, -0.15) is 0 Å². The first-order valence-corrected chi connectivity index (χ1v) is 13.6. The van der Waals surface area contributed by atoms with Gasteiger partial charge in [0, 0.05) is 40.9 Å². The van der Waals surface area contributed by atoms with E-state index in [1.807, 2.05) is 41.3 Å². The molecule has 5 nitrogen and oxygen atoms in total. The van der Waals surface area contributed by atoms with Crippen molar-refractivity contribution in [2.45, 2.75) is 12.5 Å². The quantitative estimate of drug-likeness (QED) is 0.291. The highest BCUT2D eigenvalue weighted by Crippen LogP contribution is 2.47. The third-order valence-corrected chi connectivity index (χ3v) is 8.83. The zero-order valence-corrected chi connectivity index (χ0v) is 22.1. The maximum atomic E-state index is 15.6. The van der Waals surface area contributed by atoms with Gasteiger partial charge < -0.3 is 19.7 Å². The summed E-state index contributed by atoms with van der Waals surface area (Å²) < 4.78 is 27.5. The molecule has 0 unspecified atom stereocenters. The van der Waals surface area contributed by atoms with Crippen molar-refractivity contribution in [3.63, 3.8) is 0 Å². The molecule has 1 N–H and O–H groups in total. The number of hydrogen-bond acceptors (Lipinski definition) is 5. The van der Waals surface area contributed by atoms with Gasteiger partial charge in [-0.25, -0.2) is 4.39 Å². The van der Waals surface area contributed by atoms with Crippen LogP contribution in [0.2, 0.25) is 10.0 Å². The van der Waals surface area contributed by atoms with Crippen LogP contribution in [0.25, 0.3) is 21.2 Å². The number of benzene rings is 3. The molecule has 1 fully saturated rings. The number of morpholine rings is 1. The molecule has 0 bridgehead atoms. The van der Waals surface area contributed by atoms with Gasteiger partial charge in [0.15, 0.2) is 0 Å². The van der Waals surface area contributed by atoms with E-state index in [4.69, 9.17) is 32.7 Å². The molecule has 0 radical (unpaired) electrons. The van der Waals surface area contributed by atoms with E-state index >= 15 is 4.39 Å². The minimum absolute atomic E-state index is 0.202. The molecule has 1 atom stereocenters. The molecule has 2 aliphatic heterocycles. The summed E-state index contributed by atoms with van der Waals surface area (Å²) in [5.74, 6) is 0.143. The van der Waals surface area contributed by atoms with Gasteiger partial charge in [-0.05, 0) is 24.3 Å². The van der Waals surface area contributed by atoms with Crippen LogP contribution in [-0.4, -0.2) is 38.8 Å². The Bertz CT molecular complexity index is 1500. The Kier molecular flexibility index (Phi) is 6.71. The van der Waals surface area contributed by atoms with Crippen LogP contribution in [0, 0.1) is 5.82 Å². The van der Waals surface area contributed by atoms with E-state index in [9.17, 15) is 4.79 Å². The fourth-order valence-electron chi connectivity index (χ4n) is 5.03. The first kappa shape index (κ1) is 24.5. The number of fused-ring (bicyclic) bond motifs is 2. The molecule has 1 aromatic heterocycles. The first-order valence-electron chi connectivity index (χ1n) is 12.1. The number of nitrogens with zero attached hydrogens (tertiary/aromatic N) is 1. The average molecular weight is 557 g/mol. The molecule has 1 saturated heterocycles. The van der Waals surface area contributed by atoms with Crippen LogP contribution in [0.4, 0.5) is 10.1 Å². The minimum Gasteiger partial charge on any atom is -0.493 e. The highest BCUT2D eigenvalue weighted by atomic mass is 35.5. The molecule has 37 heavy (non-hydrogen) atoms. The first-order chi connectivity index (χ1) is 18.0. The van der Waals surface area contributed by atoms with Crippen molar-refractivity contribution in [2.75, 3.05) is 37.8 Å². The lowest BCUT2D eigenvalue weighted by atomic mass is 10.00.